The number of amides is 2. The van der Waals surface area contributed by atoms with Gasteiger partial charge in [0.25, 0.3) is 18.7 Å². The van der Waals surface area contributed by atoms with E-state index in [-0.39, 0.29) is 46.1 Å². The van der Waals surface area contributed by atoms with Crippen molar-refractivity contribution in [2.75, 3.05) is 51.2 Å². The largest absolute Gasteiger partial charge is 0.543 e. The number of quaternary nitrogens is 1. The molecule has 0 aromatic carbocycles. The number of alkyl halides is 1. The van der Waals surface area contributed by atoms with Gasteiger partial charge in [-0.05, 0) is 11.6 Å². The van der Waals surface area contributed by atoms with Gasteiger partial charge in [-0.15, -0.1) is 11.8 Å². The molecule has 0 aliphatic carbocycles. The summed E-state index contributed by atoms with van der Waals surface area (Å²) < 4.78 is 16.6. The van der Waals surface area contributed by atoms with E-state index in [4.69, 9.17) is 5.73 Å². The van der Waals surface area contributed by atoms with Crippen LogP contribution in [0, 0.1) is 0 Å². The summed E-state index contributed by atoms with van der Waals surface area (Å²) in [5.74, 6) is -3.29. The number of nitrogens with two attached hydrogens (primary N) is 1. The number of β-lactam (4-membered cyclic amide) rings is 1. The van der Waals surface area contributed by atoms with Gasteiger partial charge in [0.2, 0.25) is 11.5 Å². The number of anilines is 1. The SMILES string of the molecule is Nc1nc(/C(=N/OCF)C(=O)N[C@@H]2C(=O)N3C(C(=O)[O-])=C(/C=C/C[N+]4(CCO)C[C@H](O)C[C@H]4CO)CS[C@@H]23)ns1. The topological polar surface area (TPSA) is 224 Å². The highest BCUT2D eigenvalue weighted by molar-refractivity contribution is 8.00. The van der Waals surface area contributed by atoms with Crippen molar-refractivity contribution in [3.8, 4) is 0 Å². The number of carbonyl (C=O) groups is 3. The van der Waals surface area contributed by atoms with Crippen LogP contribution in [-0.2, 0) is 19.2 Å². The van der Waals surface area contributed by atoms with E-state index in [0.29, 0.717) is 31.6 Å². The standard InChI is InChI=1S/C22H28FN7O8S2/c23-10-38-27-14(17-26-22(24)40-28-17)18(34)25-15-19(35)29-16(21(36)37)11(9-39-20(15)29)2-1-3-30(4-5-31)7-13(33)6-12(30)8-32/h1-2,12-13,15,20,31-33H,3-10H2,(H3-,24,25,26,28,34,36,37)/b2-1+,27-14-/t12-,13+,15+,20-,30?/m0/s1. The van der Waals surface area contributed by atoms with Gasteiger partial charge in [0.1, 0.15) is 36.7 Å². The Hall–Kier alpha value is -3.16. The fourth-order valence-corrected chi connectivity index (χ4v) is 6.95. The zero-order chi connectivity index (χ0) is 29.0. The highest BCUT2D eigenvalue weighted by atomic mass is 32.2. The third-order valence-corrected chi connectivity index (χ3v) is 8.83. The van der Waals surface area contributed by atoms with Crippen LogP contribution in [0.3, 0.4) is 0 Å². The monoisotopic (exact) mass is 601 g/mol. The Bertz CT molecular complexity index is 1240. The molecule has 2 fully saturated rings. The maximum atomic E-state index is 13.0. The number of aliphatic hydroxyl groups is 3. The number of aliphatic carboxylic acids is 1. The van der Waals surface area contributed by atoms with Gasteiger partial charge in [-0.2, -0.15) is 9.36 Å². The first-order chi connectivity index (χ1) is 19.2. The summed E-state index contributed by atoms with van der Waals surface area (Å²) in [6.45, 7) is -0.727. The maximum absolute atomic E-state index is 13.0. The van der Waals surface area contributed by atoms with Crippen LogP contribution in [0.5, 0.6) is 0 Å². The third kappa shape index (κ3) is 5.81. The van der Waals surface area contributed by atoms with Gasteiger partial charge in [-0.25, -0.2) is 4.39 Å². The second-order valence-electron chi connectivity index (χ2n) is 9.32. The lowest BCUT2D eigenvalue weighted by Gasteiger charge is -2.50. The van der Waals surface area contributed by atoms with Gasteiger partial charge < -0.3 is 45.6 Å². The number of oxime groups is 1. The molecule has 3 aliphatic rings. The van der Waals surface area contributed by atoms with Crippen molar-refractivity contribution < 1.29 is 48.5 Å². The van der Waals surface area contributed by atoms with E-state index in [1.165, 1.54) is 11.8 Å². The number of thioether (sulfide) groups is 1. The van der Waals surface area contributed by atoms with E-state index < -0.39 is 47.9 Å². The molecule has 1 aromatic heterocycles. The van der Waals surface area contributed by atoms with E-state index in [9.17, 15) is 39.2 Å². The lowest BCUT2D eigenvalue weighted by Crippen LogP contribution is -2.71. The fraction of sp³-hybridized carbons (Fsp3) is 0.545. The average molecular weight is 602 g/mol. The zero-order valence-corrected chi connectivity index (χ0v) is 22.6. The number of aliphatic hydroxyl groups excluding tert-OH is 3. The summed E-state index contributed by atoms with van der Waals surface area (Å²) in [4.78, 5) is 47.1. The Morgan fingerprint density at radius 2 is 2.17 bits per heavy atom. The number of allylic oxidation sites excluding steroid dienone is 1. The molecule has 1 aromatic rings. The number of carboxylic acids is 1. The Balaban J connectivity index is 1.50. The normalized spacial score (nSPS) is 28.6. The first-order valence-electron chi connectivity index (χ1n) is 12.1. The van der Waals surface area contributed by atoms with Gasteiger partial charge >= 0.3 is 0 Å². The van der Waals surface area contributed by atoms with E-state index in [1.54, 1.807) is 12.2 Å². The molecule has 0 radical (unpaired) electrons. The summed E-state index contributed by atoms with van der Waals surface area (Å²) in [5, 5.41) is 46.6. The number of rotatable bonds is 12. The number of nitrogens with one attached hydrogen (secondary N) is 1. The summed E-state index contributed by atoms with van der Waals surface area (Å²) in [6, 6.07) is -1.41. The minimum absolute atomic E-state index is 0.0193. The molecule has 5 atom stereocenters. The molecule has 4 heterocycles. The number of fused-ring (bicyclic) bond motifs is 1. The summed E-state index contributed by atoms with van der Waals surface area (Å²) in [5.41, 5.74) is 4.99. The minimum atomic E-state index is -1.58. The smallest absolute Gasteiger partial charge is 0.278 e. The molecule has 2 amide bonds. The number of hydrogen-bond acceptors (Lipinski definition) is 14. The molecule has 15 nitrogen and oxygen atoms in total. The Kier molecular flexibility index (Phi) is 9.37. The van der Waals surface area contributed by atoms with Crippen LogP contribution in [0.2, 0.25) is 0 Å². The van der Waals surface area contributed by atoms with E-state index in [1.807, 2.05) is 0 Å². The van der Waals surface area contributed by atoms with Crippen LogP contribution in [0.1, 0.15) is 12.2 Å². The molecular weight excluding hydrogens is 573 g/mol. The molecular formula is C22H28FN7O8S2. The lowest BCUT2D eigenvalue weighted by molar-refractivity contribution is -0.935. The fourth-order valence-electron chi connectivity index (χ4n) is 5.20. The summed E-state index contributed by atoms with van der Waals surface area (Å²) >= 11 is 1.97. The van der Waals surface area contributed by atoms with Crippen LogP contribution in [0.25, 0.3) is 0 Å². The van der Waals surface area contributed by atoms with E-state index in [0.717, 1.165) is 16.4 Å². The minimum Gasteiger partial charge on any atom is -0.543 e. The van der Waals surface area contributed by atoms with Crippen LogP contribution in [0.4, 0.5) is 9.52 Å². The highest BCUT2D eigenvalue weighted by Gasteiger charge is 2.53. The Morgan fingerprint density at radius 1 is 1.40 bits per heavy atom. The van der Waals surface area contributed by atoms with Gasteiger partial charge in [0.15, 0.2) is 5.13 Å². The summed E-state index contributed by atoms with van der Waals surface area (Å²) in [7, 11) is 0. The highest BCUT2D eigenvalue weighted by Crippen LogP contribution is 2.40. The molecule has 2 saturated heterocycles. The third-order valence-electron chi connectivity index (χ3n) is 6.99. The summed E-state index contributed by atoms with van der Waals surface area (Å²) in [6.07, 6.45) is 2.99. The zero-order valence-electron chi connectivity index (χ0n) is 21.0. The van der Waals surface area contributed by atoms with Crippen LogP contribution >= 0.6 is 23.3 Å². The van der Waals surface area contributed by atoms with Crippen molar-refractivity contribution in [2.24, 2.45) is 5.16 Å². The van der Waals surface area contributed by atoms with Crippen LogP contribution in [0.15, 0.2) is 28.6 Å². The predicted molar refractivity (Wildman–Crippen MR) is 138 cm³/mol. The predicted octanol–water partition coefficient (Wildman–Crippen LogP) is -3.34. The number of likely N-dealkylation sites (tertiary alicyclic amines) is 1. The number of halogens is 1. The van der Waals surface area contributed by atoms with E-state index in [2.05, 4.69) is 24.7 Å². The molecule has 3 aliphatic heterocycles. The second kappa shape index (κ2) is 12.6. The first kappa shape index (κ1) is 29.8. The number of nitrogen functional groups attached to an aromatic ring is 1. The number of aromatic nitrogens is 2. The van der Waals surface area contributed by atoms with Crippen molar-refractivity contribution in [3.63, 3.8) is 0 Å². The Labute approximate surface area is 235 Å². The molecule has 40 heavy (non-hydrogen) atoms. The molecule has 6 N–H and O–H groups in total. The molecule has 4 rings (SSSR count). The van der Waals surface area contributed by atoms with Gasteiger partial charge in [0, 0.05) is 23.7 Å². The molecule has 218 valence electrons. The number of hydrogen-bond donors (Lipinski definition) is 5. The average Bonchev–Trinajstić information content (AvgIpc) is 3.49. The van der Waals surface area contributed by atoms with Crippen molar-refractivity contribution >= 4 is 51.9 Å². The van der Waals surface area contributed by atoms with Crippen LogP contribution < -0.4 is 16.2 Å². The molecule has 1 unspecified atom stereocenters. The second-order valence-corrected chi connectivity index (χ2v) is 11.2. The molecule has 18 heteroatoms. The first-order valence-corrected chi connectivity index (χ1v) is 14.0. The van der Waals surface area contributed by atoms with Crippen molar-refractivity contribution in [2.45, 2.75) is 30.0 Å². The number of nitrogens with zero attached hydrogens (tertiary/aromatic N) is 5. The van der Waals surface area contributed by atoms with E-state index >= 15 is 0 Å². The van der Waals surface area contributed by atoms with Crippen molar-refractivity contribution in [3.05, 3.63) is 29.2 Å². The van der Waals surface area contributed by atoms with Crippen LogP contribution in [-0.4, -0.2) is 127 Å². The van der Waals surface area contributed by atoms with Crippen molar-refractivity contribution in [1.82, 2.24) is 19.6 Å². The van der Waals surface area contributed by atoms with Crippen molar-refractivity contribution in [1.29, 1.82) is 0 Å². The quantitative estimate of drug-likeness (QED) is 0.0686. The molecule has 0 spiro atoms. The number of carboxylic acid groups (broad SMARTS) is 1. The maximum Gasteiger partial charge on any atom is 0.278 e. The van der Waals surface area contributed by atoms with Gasteiger partial charge in [-0.3, -0.25) is 14.5 Å². The molecule has 0 saturated carbocycles. The van der Waals surface area contributed by atoms with Gasteiger partial charge in [-0.1, -0.05) is 11.2 Å². The number of carbonyl (C=O) groups excluding carboxylic acids is 3. The molecule has 0 bridgehead atoms. The lowest BCUT2D eigenvalue weighted by atomic mass is 10.0. The Morgan fingerprint density at radius 3 is 2.80 bits per heavy atom. The van der Waals surface area contributed by atoms with Gasteiger partial charge in [0.05, 0.1) is 31.4 Å².